The Morgan fingerprint density at radius 1 is 0.862 bits per heavy atom. The highest BCUT2D eigenvalue weighted by molar-refractivity contribution is 5.84. The molecule has 1 aromatic heterocycles. The summed E-state index contributed by atoms with van der Waals surface area (Å²) in [6.07, 6.45) is 0. The Hall–Kier alpha value is -2.87. The lowest BCUT2D eigenvalue weighted by atomic mass is 9.92. The van der Waals surface area contributed by atoms with Crippen molar-refractivity contribution in [1.29, 1.82) is 0 Å². The molecule has 0 fully saturated rings. The predicted molar refractivity (Wildman–Crippen MR) is 124 cm³/mol. The fourth-order valence-corrected chi connectivity index (χ4v) is 4.12. The van der Waals surface area contributed by atoms with E-state index < -0.39 is 6.85 Å². The summed E-state index contributed by atoms with van der Waals surface area (Å²) in [5, 5.41) is 0. The number of hydrogen-bond donors (Lipinski definition) is 0. The van der Waals surface area contributed by atoms with Crippen LogP contribution in [-0.2, 0) is 0 Å². The minimum atomic E-state index is -2.13. The fourth-order valence-electron chi connectivity index (χ4n) is 4.12. The van der Waals surface area contributed by atoms with Crippen molar-refractivity contribution in [2.45, 2.75) is 53.3 Å². The van der Waals surface area contributed by atoms with Crippen LogP contribution < -0.4 is 0 Å². The van der Waals surface area contributed by atoms with Gasteiger partial charge < -0.3 is 0 Å². The van der Waals surface area contributed by atoms with Crippen LogP contribution in [0.25, 0.3) is 28.1 Å². The number of fused-ring (bicyclic) bond motifs is 1. The third-order valence-electron chi connectivity index (χ3n) is 5.59. The van der Waals surface area contributed by atoms with Gasteiger partial charge in [0.1, 0.15) is 5.82 Å². The quantitative estimate of drug-likeness (QED) is 0.354. The maximum atomic E-state index is 7.77. The molecule has 3 aromatic carbocycles. The Morgan fingerprint density at radius 2 is 1.55 bits per heavy atom. The predicted octanol–water partition coefficient (Wildman–Crippen LogP) is 7.56. The summed E-state index contributed by atoms with van der Waals surface area (Å²) in [6.45, 7) is 8.72. The van der Waals surface area contributed by atoms with Gasteiger partial charge in [0.15, 0.2) is 0 Å². The van der Waals surface area contributed by atoms with Crippen LogP contribution in [0.5, 0.6) is 0 Å². The van der Waals surface area contributed by atoms with E-state index >= 15 is 0 Å². The van der Waals surface area contributed by atoms with E-state index in [4.69, 9.17) is 9.10 Å². The highest BCUT2D eigenvalue weighted by atomic mass is 15.1. The van der Waals surface area contributed by atoms with Crippen molar-refractivity contribution in [3.8, 4) is 17.1 Å². The van der Waals surface area contributed by atoms with Crippen LogP contribution in [0, 0.1) is 13.8 Å². The zero-order valence-corrected chi connectivity index (χ0v) is 17.8. The molecule has 0 aliphatic rings. The molecule has 0 unspecified atom stereocenters. The molecule has 4 aromatic rings. The number of rotatable bonds is 4. The average molecular weight is 386 g/mol. The minimum Gasteiger partial charge on any atom is -0.292 e. The molecular weight excluding hydrogens is 352 g/mol. The molecule has 1 heterocycles. The summed E-state index contributed by atoms with van der Waals surface area (Å²) >= 11 is 0. The van der Waals surface area contributed by atoms with Gasteiger partial charge in [-0.2, -0.15) is 0 Å². The zero-order valence-electron chi connectivity index (χ0n) is 20.8. The molecule has 0 aliphatic carbocycles. The number of para-hydroxylation sites is 3. The van der Waals surface area contributed by atoms with Gasteiger partial charge in [-0.1, -0.05) is 81.8 Å². The maximum absolute atomic E-state index is 7.77. The SMILES string of the molecule is [2H]C([2H])([2H])c1ccc(-c2nc3ccccc3n2-c2c(C(C)C)cccc2C(C)C)c(C)c1. The largest absolute Gasteiger partial charge is 0.292 e. The highest BCUT2D eigenvalue weighted by Crippen LogP contribution is 2.37. The van der Waals surface area contributed by atoms with Gasteiger partial charge in [-0.25, -0.2) is 4.98 Å². The van der Waals surface area contributed by atoms with Crippen molar-refractivity contribution in [2.24, 2.45) is 0 Å². The van der Waals surface area contributed by atoms with Gasteiger partial charge in [-0.05, 0) is 54.4 Å². The Kier molecular flexibility index (Phi) is 4.14. The Balaban J connectivity index is 2.09. The molecule has 2 heteroatoms. The molecule has 2 nitrogen and oxygen atoms in total. The van der Waals surface area contributed by atoms with Gasteiger partial charge in [-0.15, -0.1) is 0 Å². The van der Waals surface area contributed by atoms with Crippen molar-refractivity contribution < 1.29 is 4.11 Å². The topological polar surface area (TPSA) is 17.8 Å². The van der Waals surface area contributed by atoms with E-state index in [1.54, 1.807) is 12.1 Å². The minimum absolute atomic E-state index is 0.344. The molecule has 0 atom stereocenters. The standard InChI is InChI=1S/C27H30N2/c1-17(2)21-10-9-11-22(18(3)4)26(21)29-25-13-8-7-12-24(25)28-27(29)23-15-14-19(5)16-20(23)6/h7-18H,1-6H3/i5D3. The third kappa shape index (κ3) is 3.37. The monoisotopic (exact) mass is 385 g/mol. The lowest BCUT2D eigenvalue weighted by Gasteiger charge is -2.23. The van der Waals surface area contributed by atoms with Gasteiger partial charge in [0.25, 0.3) is 0 Å². The molecule has 29 heavy (non-hydrogen) atoms. The van der Waals surface area contributed by atoms with E-state index in [1.165, 1.54) is 16.8 Å². The van der Waals surface area contributed by atoms with E-state index in [9.17, 15) is 0 Å². The van der Waals surface area contributed by atoms with Crippen LogP contribution in [0.2, 0.25) is 0 Å². The number of aryl methyl sites for hydroxylation is 2. The summed E-state index contributed by atoms with van der Waals surface area (Å²) in [6, 6.07) is 20.1. The maximum Gasteiger partial charge on any atom is 0.146 e. The van der Waals surface area contributed by atoms with Gasteiger partial charge in [0.05, 0.1) is 16.7 Å². The van der Waals surface area contributed by atoms with Gasteiger partial charge in [0, 0.05) is 9.68 Å². The van der Waals surface area contributed by atoms with Crippen molar-refractivity contribution in [1.82, 2.24) is 9.55 Å². The zero-order chi connectivity index (χ0) is 23.2. The first-order valence-electron chi connectivity index (χ1n) is 11.8. The van der Waals surface area contributed by atoms with Gasteiger partial charge >= 0.3 is 0 Å². The summed E-state index contributed by atoms with van der Waals surface area (Å²) in [5.74, 6) is 1.53. The molecule has 0 saturated heterocycles. The Morgan fingerprint density at radius 3 is 2.17 bits per heavy atom. The number of nitrogens with zero attached hydrogens (tertiary/aromatic N) is 2. The number of aromatic nitrogens is 2. The third-order valence-corrected chi connectivity index (χ3v) is 5.59. The van der Waals surface area contributed by atoms with Crippen LogP contribution in [0.3, 0.4) is 0 Å². The van der Waals surface area contributed by atoms with Crippen molar-refractivity contribution >= 4 is 11.0 Å². The molecule has 0 aliphatic heterocycles. The molecular formula is C27H30N2. The molecule has 0 bridgehead atoms. The highest BCUT2D eigenvalue weighted by Gasteiger charge is 2.22. The second-order valence-corrected chi connectivity index (χ2v) is 8.38. The van der Waals surface area contributed by atoms with Crippen LogP contribution in [0.15, 0.2) is 60.7 Å². The lowest BCUT2D eigenvalue weighted by Crippen LogP contribution is -2.08. The Labute approximate surface area is 178 Å². The van der Waals surface area contributed by atoms with Crippen LogP contribution >= 0.6 is 0 Å². The Bertz CT molecular complexity index is 1250. The first-order valence-corrected chi connectivity index (χ1v) is 10.3. The van der Waals surface area contributed by atoms with Crippen molar-refractivity contribution in [3.63, 3.8) is 0 Å². The number of benzene rings is 3. The van der Waals surface area contributed by atoms with E-state index in [-0.39, 0.29) is 0 Å². The van der Waals surface area contributed by atoms with Crippen LogP contribution in [0.4, 0.5) is 0 Å². The van der Waals surface area contributed by atoms with E-state index in [1.807, 2.05) is 31.2 Å². The average Bonchev–Trinajstić information content (AvgIpc) is 3.11. The molecule has 148 valence electrons. The molecule has 0 radical (unpaired) electrons. The molecule has 4 rings (SSSR count). The molecule has 0 spiro atoms. The molecule has 0 N–H and O–H groups in total. The smallest absolute Gasteiger partial charge is 0.146 e. The second-order valence-electron chi connectivity index (χ2n) is 8.38. The van der Waals surface area contributed by atoms with Crippen molar-refractivity contribution in [2.75, 3.05) is 0 Å². The van der Waals surface area contributed by atoms with E-state index in [0.717, 1.165) is 28.0 Å². The first kappa shape index (κ1) is 16.0. The van der Waals surface area contributed by atoms with E-state index in [2.05, 4.69) is 56.5 Å². The summed E-state index contributed by atoms with van der Waals surface area (Å²) in [7, 11) is 0. The van der Waals surface area contributed by atoms with Gasteiger partial charge in [0.2, 0.25) is 0 Å². The fraction of sp³-hybridized carbons (Fsp3) is 0.296. The normalized spacial score (nSPS) is 13.7. The molecule has 0 amide bonds. The summed E-state index contributed by atoms with van der Waals surface area (Å²) < 4.78 is 25.6. The molecule has 0 saturated carbocycles. The first-order chi connectivity index (χ1) is 15.1. The number of imidazole rings is 1. The van der Waals surface area contributed by atoms with Crippen LogP contribution in [-0.4, -0.2) is 9.55 Å². The summed E-state index contributed by atoms with van der Waals surface area (Å²) in [4.78, 5) is 5.04. The lowest BCUT2D eigenvalue weighted by molar-refractivity contribution is 0.811. The van der Waals surface area contributed by atoms with Crippen LogP contribution in [0.1, 0.15) is 65.9 Å². The van der Waals surface area contributed by atoms with Crippen molar-refractivity contribution in [3.05, 3.63) is 82.9 Å². The second kappa shape index (κ2) is 7.51. The number of hydrogen-bond acceptors (Lipinski definition) is 1. The van der Waals surface area contributed by atoms with E-state index in [0.29, 0.717) is 17.4 Å². The summed E-state index contributed by atoms with van der Waals surface area (Å²) in [5.41, 5.74) is 7.92. The van der Waals surface area contributed by atoms with Gasteiger partial charge in [-0.3, -0.25) is 4.57 Å².